The summed E-state index contributed by atoms with van der Waals surface area (Å²) in [6.07, 6.45) is 11.8. The molecule has 14 heteroatoms. The van der Waals surface area contributed by atoms with Gasteiger partial charge in [0, 0.05) is 57.9 Å². The van der Waals surface area contributed by atoms with Crippen molar-refractivity contribution in [1.82, 2.24) is 4.58 Å². The highest BCUT2D eigenvalue weighted by molar-refractivity contribution is 7.94. The first-order valence-corrected chi connectivity index (χ1v) is 25.4. The first kappa shape index (κ1) is 52.2. The van der Waals surface area contributed by atoms with E-state index in [-0.39, 0.29) is 10.6 Å². The highest BCUT2D eigenvalue weighted by atomic mass is 32.2. The summed E-state index contributed by atoms with van der Waals surface area (Å²) in [7, 11) is -4.57. The normalized spacial score (nSPS) is 11.5. The molecule has 0 bridgehead atoms. The van der Waals surface area contributed by atoms with Crippen LogP contribution in [0.2, 0.25) is 0 Å². The summed E-state index contributed by atoms with van der Waals surface area (Å²) in [6.45, 7) is 14.5. The van der Waals surface area contributed by atoms with E-state index in [9.17, 15) is 28.4 Å². The molecule has 1 aliphatic heterocycles. The van der Waals surface area contributed by atoms with Gasteiger partial charge in [0.15, 0.2) is 6.29 Å². The topological polar surface area (TPSA) is 168 Å². The number of fused-ring (bicyclic) bond motifs is 2. The standard InChI is InChI=1S/C28H33N2O3.C24H34O7S2/c1-5-29(6-2)19-13-15-23-25(17-19)33-26-18-20(30(7-3)8-4)14-16-24(26)27(23)21-11-9-10-12-22(21)28(31)32;1-2-3-4-5-6-7-8-9-10-11-13-20-16-17-22(19-24(20)32-31-30-25)29-21-14-12-15-23(18-21)33(26,27)28/h9-18,28,31-32H,5-8H2,1-4H3;12,14-19,25H,2-11,13H2,1H3,(H,26,27,28)/q+1;/p-2. The number of benzene rings is 5. The number of rotatable bonds is 24. The maximum absolute atomic E-state index is 11.2. The van der Waals surface area contributed by atoms with Crippen LogP contribution in [0.4, 0.5) is 5.69 Å². The number of hydrogen-bond donors (Lipinski definition) is 2. The first-order valence-electron chi connectivity index (χ1n) is 23.2. The number of aliphatic hydroxyl groups is 2. The summed E-state index contributed by atoms with van der Waals surface area (Å²) in [4.78, 5) is 2.60. The summed E-state index contributed by atoms with van der Waals surface area (Å²) < 4.78 is 52.6. The number of nitrogens with zero attached hydrogens (tertiary/aromatic N) is 2. The van der Waals surface area contributed by atoms with Crippen LogP contribution in [0.5, 0.6) is 11.5 Å². The molecule has 6 rings (SSSR count). The van der Waals surface area contributed by atoms with Crippen molar-refractivity contribution in [1.29, 1.82) is 0 Å². The zero-order chi connectivity index (χ0) is 47.5. The molecule has 0 atom stereocenters. The van der Waals surface area contributed by atoms with E-state index in [1.807, 2.05) is 24.3 Å². The zero-order valence-corrected chi connectivity index (χ0v) is 40.5. The fraction of sp³-hybridized carbons (Fsp3) is 0.404. The molecule has 2 aliphatic rings. The summed E-state index contributed by atoms with van der Waals surface area (Å²) in [5.74, 6) is 1.41. The van der Waals surface area contributed by atoms with Crippen molar-refractivity contribution in [3.05, 3.63) is 120 Å². The Hall–Kier alpha value is -4.77. The van der Waals surface area contributed by atoms with Gasteiger partial charge in [0.05, 0.1) is 23.0 Å². The van der Waals surface area contributed by atoms with Crippen LogP contribution in [0.3, 0.4) is 0 Å². The van der Waals surface area contributed by atoms with Crippen LogP contribution in [0.15, 0.2) is 117 Å². The predicted octanol–water partition coefficient (Wildman–Crippen LogP) is 10.9. The molecular weight excluding hydrogens is 877 g/mol. The molecule has 0 saturated carbocycles. The lowest BCUT2D eigenvalue weighted by Crippen LogP contribution is -2.29. The monoisotopic (exact) mass is 941 g/mol. The van der Waals surface area contributed by atoms with E-state index in [2.05, 4.69) is 89.9 Å². The fourth-order valence-electron chi connectivity index (χ4n) is 8.24. The molecule has 0 spiro atoms. The van der Waals surface area contributed by atoms with Crippen molar-refractivity contribution in [2.24, 2.45) is 0 Å². The van der Waals surface area contributed by atoms with Gasteiger partial charge in [-0.3, -0.25) is 5.04 Å². The molecule has 0 amide bonds. The molecule has 4 aromatic rings. The maximum atomic E-state index is 11.2. The number of hydrogen-bond acceptors (Lipinski definition) is 12. The highest BCUT2D eigenvalue weighted by Gasteiger charge is 2.22. The SMILES string of the molecule is CCCCCCCCCCCCc1ccc(Oc2cccc(S(=O)(=O)[O-])c2)cc1SOO[O-].CCN(CC)c1ccc2c(-c3ccccc3C(O)O)c3ccc(=[N+](CC)CC)cc-3oc2c1. The molecule has 66 heavy (non-hydrogen) atoms. The van der Waals surface area contributed by atoms with E-state index in [4.69, 9.17) is 9.15 Å². The van der Waals surface area contributed by atoms with Gasteiger partial charge in [-0.1, -0.05) is 101 Å². The second kappa shape index (κ2) is 26.5. The number of ether oxygens (including phenoxy) is 1. The minimum Gasteiger partial charge on any atom is -0.744 e. The molecule has 0 aromatic heterocycles. The minimum atomic E-state index is -4.57. The van der Waals surface area contributed by atoms with Gasteiger partial charge in [0.1, 0.15) is 46.0 Å². The van der Waals surface area contributed by atoms with Crippen LogP contribution >= 0.6 is 12.0 Å². The lowest BCUT2D eigenvalue weighted by atomic mass is 9.90. The molecule has 0 fully saturated rings. The average molecular weight is 942 g/mol. The van der Waals surface area contributed by atoms with Gasteiger partial charge < -0.3 is 34.1 Å². The van der Waals surface area contributed by atoms with Gasteiger partial charge in [-0.2, -0.15) is 4.33 Å². The fourth-order valence-corrected chi connectivity index (χ4v) is 9.29. The second-order valence-electron chi connectivity index (χ2n) is 16.1. The van der Waals surface area contributed by atoms with Crippen molar-refractivity contribution in [2.45, 2.75) is 121 Å². The molecule has 356 valence electrons. The van der Waals surface area contributed by atoms with E-state index >= 15 is 0 Å². The Bertz CT molecular complexity index is 2590. The molecule has 0 radical (unpaired) electrons. The Kier molecular flexibility index (Phi) is 21.0. The third-order valence-electron chi connectivity index (χ3n) is 11.8. The quantitative estimate of drug-likeness (QED) is 0.00862. The number of anilines is 1. The Labute approximate surface area is 394 Å². The van der Waals surface area contributed by atoms with Crippen LogP contribution in [-0.4, -0.2) is 49.4 Å². The van der Waals surface area contributed by atoms with Crippen molar-refractivity contribution in [3.8, 4) is 33.9 Å². The third-order valence-corrected chi connectivity index (χ3v) is 13.3. The Morgan fingerprint density at radius 2 is 1.41 bits per heavy atom. The Balaban J connectivity index is 0.000000247. The van der Waals surface area contributed by atoms with Crippen molar-refractivity contribution < 1.29 is 47.0 Å². The molecule has 0 unspecified atom stereocenters. The van der Waals surface area contributed by atoms with Gasteiger partial charge in [-0.05, 0) is 100 Å². The van der Waals surface area contributed by atoms with Crippen LogP contribution in [-0.2, 0) is 25.9 Å². The summed E-state index contributed by atoms with van der Waals surface area (Å²) >= 11 is 0.800. The van der Waals surface area contributed by atoms with E-state index in [1.165, 1.54) is 69.6 Å². The molecule has 12 nitrogen and oxygen atoms in total. The molecular formula is C52H65N2O10S2-. The molecule has 4 aromatic carbocycles. The van der Waals surface area contributed by atoms with Crippen LogP contribution in [0.1, 0.15) is 116 Å². The lowest BCUT2D eigenvalue weighted by Gasteiger charge is -2.23. The molecule has 0 saturated heterocycles. The van der Waals surface area contributed by atoms with Crippen molar-refractivity contribution in [3.63, 3.8) is 0 Å². The summed E-state index contributed by atoms with van der Waals surface area (Å²) in [5.41, 5.74) is 6.06. The van der Waals surface area contributed by atoms with E-state index in [1.54, 1.807) is 24.3 Å². The average Bonchev–Trinajstić information content (AvgIpc) is 3.32. The van der Waals surface area contributed by atoms with Crippen LogP contribution < -0.4 is 24.8 Å². The first-order chi connectivity index (χ1) is 32.0. The lowest BCUT2D eigenvalue weighted by molar-refractivity contribution is -0.777. The maximum Gasteiger partial charge on any atom is 0.203 e. The highest BCUT2D eigenvalue weighted by Crippen LogP contribution is 2.43. The van der Waals surface area contributed by atoms with Crippen molar-refractivity contribution >= 4 is 38.8 Å². The van der Waals surface area contributed by atoms with E-state index in [0.717, 1.165) is 108 Å². The van der Waals surface area contributed by atoms with Crippen molar-refractivity contribution in [2.75, 3.05) is 31.1 Å². The van der Waals surface area contributed by atoms with E-state index in [0.29, 0.717) is 16.2 Å². The minimum absolute atomic E-state index is 0.214. The summed E-state index contributed by atoms with van der Waals surface area (Å²) in [5, 5.41) is 36.0. The smallest absolute Gasteiger partial charge is 0.203 e. The van der Waals surface area contributed by atoms with Crippen LogP contribution in [0.25, 0.3) is 33.4 Å². The third kappa shape index (κ3) is 14.6. The zero-order valence-electron chi connectivity index (χ0n) is 38.9. The van der Waals surface area contributed by atoms with Gasteiger partial charge in [0.25, 0.3) is 0 Å². The van der Waals surface area contributed by atoms with Gasteiger partial charge in [-0.25, -0.2) is 13.0 Å². The number of unbranched alkanes of at least 4 members (excludes halogenated alkanes) is 9. The van der Waals surface area contributed by atoms with Crippen LogP contribution in [0, 0.1) is 0 Å². The Morgan fingerprint density at radius 1 is 0.727 bits per heavy atom. The summed E-state index contributed by atoms with van der Waals surface area (Å²) in [6, 6.07) is 30.7. The number of aryl methyl sites for hydroxylation is 1. The largest absolute Gasteiger partial charge is 0.744 e. The number of aliphatic hydroxyl groups excluding tert-OH is 1. The predicted molar refractivity (Wildman–Crippen MR) is 260 cm³/mol. The van der Waals surface area contributed by atoms with Gasteiger partial charge in [-0.15, -0.1) is 0 Å². The van der Waals surface area contributed by atoms with Gasteiger partial charge >= 0.3 is 0 Å². The molecule has 2 N–H and O–H groups in total. The second-order valence-corrected chi connectivity index (χ2v) is 18.2. The van der Waals surface area contributed by atoms with E-state index < -0.39 is 16.4 Å². The Morgan fingerprint density at radius 3 is 2.06 bits per heavy atom. The molecule has 1 aliphatic carbocycles. The van der Waals surface area contributed by atoms with Gasteiger partial charge in [0.2, 0.25) is 5.36 Å². The molecule has 1 heterocycles.